The molecular formula is C17H26N8O2S. The van der Waals surface area contributed by atoms with Crippen LogP contribution in [-0.4, -0.2) is 54.2 Å². The average molecular weight is 407 g/mol. The van der Waals surface area contributed by atoms with Crippen molar-refractivity contribution in [1.82, 2.24) is 35.1 Å². The standard InChI is InChI=1S/C17H26N8O2S/c1-18-28(26,27)12-20-8-13-7-14-10-24(5-2-6-25(14)23-13)17-15-3-4-19-9-16(15)21-11-22-17/h7,11,18-20H,2-6,8-10,12H2,1H3. The molecule has 2 aromatic rings. The van der Waals surface area contributed by atoms with Crippen LogP contribution < -0.4 is 20.3 Å². The van der Waals surface area contributed by atoms with Gasteiger partial charge in [0, 0.05) is 31.7 Å². The predicted molar refractivity (Wildman–Crippen MR) is 105 cm³/mol. The van der Waals surface area contributed by atoms with E-state index in [1.54, 1.807) is 6.33 Å². The van der Waals surface area contributed by atoms with Gasteiger partial charge in [-0.2, -0.15) is 5.10 Å². The molecule has 0 bridgehead atoms. The highest BCUT2D eigenvalue weighted by Gasteiger charge is 2.23. The van der Waals surface area contributed by atoms with E-state index in [9.17, 15) is 8.42 Å². The molecule has 0 radical (unpaired) electrons. The Morgan fingerprint density at radius 3 is 3.04 bits per heavy atom. The molecule has 0 saturated carbocycles. The first-order chi connectivity index (χ1) is 13.6. The summed E-state index contributed by atoms with van der Waals surface area (Å²) in [5.74, 6) is 0.903. The van der Waals surface area contributed by atoms with Crippen LogP contribution in [0.3, 0.4) is 0 Å². The molecule has 0 unspecified atom stereocenters. The van der Waals surface area contributed by atoms with Gasteiger partial charge in [0.1, 0.15) is 18.0 Å². The molecule has 3 N–H and O–H groups in total. The Morgan fingerprint density at radius 2 is 2.18 bits per heavy atom. The second-order valence-electron chi connectivity index (χ2n) is 7.06. The van der Waals surface area contributed by atoms with Crippen molar-refractivity contribution in [2.75, 3.05) is 30.9 Å². The summed E-state index contributed by atoms with van der Waals surface area (Å²) in [6.07, 6.45) is 3.57. The van der Waals surface area contributed by atoms with Gasteiger partial charge in [-0.1, -0.05) is 0 Å². The van der Waals surface area contributed by atoms with Crippen LogP contribution in [0.25, 0.3) is 0 Å². The highest BCUT2D eigenvalue weighted by Crippen LogP contribution is 2.26. The van der Waals surface area contributed by atoms with Gasteiger partial charge in [-0.25, -0.2) is 23.1 Å². The summed E-state index contributed by atoms with van der Waals surface area (Å²) in [6.45, 7) is 4.66. The number of rotatable bonds is 6. The van der Waals surface area contributed by atoms with E-state index in [4.69, 9.17) is 0 Å². The molecular weight excluding hydrogens is 380 g/mol. The van der Waals surface area contributed by atoms with Crippen molar-refractivity contribution >= 4 is 15.8 Å². The minimum atomic E-state index is -3.27. The molecule has 0 atom stereocenters. The fourth-order valence-electron chi connectivity index (χ4n) is 3.71. The van der Waals surface area contributed by atoms with Crippen molar-refractivity contribution < 1.29 is 8.42 Å². The fourth-order valence-corrected chi connectivity index (χ4v) is 4.23. The van der Waals surface area contributed by atoms with E-state index in [2.05, 4.69) is 35.3 Å². The number of sulfonamides is 1. The number of nitrogens with one attached hydrogen (secondary N) is 3. The summed E-state index contributed by atoms with van der Waals surface area (Å²) in [4.78, 5) is 11.3. The molecule has 0 fully saturated rings. The summed E-state index contributed by atoms with van der Waals surface area (Å²) in [6, 6.07) is 2.05. The first kappa shape index (κ1) is 19.2. The van der Waals surface area contributed by atoms with Crippen LogP contribution in [0.15, 0.2) is 12.4 Å². The van der Waals surface area contributed by atoms with E-state index in [0.29, 0.717) is 6.54 Å². The van der Waals surface area contributed by atoms with Crippen LogP contribution in [0.4, 0.5) is 5.82 Å². The molecule has 152 valence electrons. The van der Waals surface area contributed by atoms with E-state index < -0.39 is 10.0 Å². The van der Waals surface area contributed by atoms with Crippen LogP contribution in [0, 0.1) is 0 Å². The van der Waals surface area contributed by atoms with Crippen molar-refractivity contribution in [3.05, 3.63) is 35.0 Å². The van der Waals surface area contributed by atoms with Crippen molar-refractivity contribution in [2.24, 2.45) is 0 Å². The number of aryl methyl sites for hydroxylation is 1. The summed E-state index contributed by atoms with van der Waals surface area (Å²) in [7, 11) is -1.87. The van der Waals surface area contributed by atoms with Gasteiger partial charge in [-0.15, -0.1) is 0 Å². The molecule has 10 nitrogen and oxygen atoms in total. The van der Waals surface area contributed by atoms with Gasteiger partial charge >= 0.3 is 0 Å². The maximum Gasteiger partial charge on any atom is 0.224 e. The molecule has 0 aromatic carbocycles. The van der Waals surface area contributed by atoms with Crippen LogP contribution in [-0.2, 0) is 42.6 Å². The average Bonchev–Trinajstić information content (AvgIpc) is 2.97. The lowest BCUT2D eigenvalue weighted by Gasteiger charge is -2.26. The largest absolute Gasteiger partial charge is 0.350 e. The molecule has 2 aliphatic heterocycles. The Kier molecular flexibility index (Phi) is 5.58. The third-order valence-electron chi connectivity index (χ3n) is 5.13. The molecule has 4 heterocycles. The number of fused-ring (bicyclic) bond motifs is 2. The number of hydrogen-bond donors (Lipinski definition) is 3. The van der Waals surface area contributed by atoms with Crippen molar-refractivity contribution in [3.8, 4) is 0 Å². The van der Waals surface area contributed by atoms with Gasteiger partial charge in [0.2, 0.25) is 10.0 Å². The molecule has 0 saturated heterocycles. The van der Waals surface area contributed by atoms with Gasteiger partial charge in [0.15, 0.2) is 0 Å². The van der Waals surface area contributed by atoms with Crippen LogP contribution in [0.5, 0.6) is 0 Å². The van der Waals surface area contributed by atoms with E-state index in [0.717, 1.165) is 68.5 Å². The number of nitrogens with zero attached hydrogens (tertiary/aromatic N) is 5. The van der Waals surface area contributed by atoms with E-state index in [1.165, 1.54) is 12.6 Å². The Hall–Kier alpha value is -2.08. The minimum absolute atomic E-state index is 0.126. The van der Waals surface area contributed by atoms with Gasteiger partial charge in [0.05, 0.1) is 23.6 Å². The minimum Gasteiger partial charge on any atom is -0.350 e. The Bertz CT molecular complexity index is 943. The van der Waals surface area contributed by atoms with Crippen LogP contribution in [0.1, 0.15) is 29.1 Å². The summed E-state index contributed by atoms with van der Waals surface area (Å²) >= 11 is 0. The predicted octanol–water partition coefficient (Wildman–Crippen LogP) is -0.675. The molecule has 4 rings (SSSR count). The number of aromatic nitrogens is 4. The van der Waals surface area contributed by atoms with Gasteiger partial charge in [-0.05, 0) is 32.5 Å². The third-order valence-corrected chi connectivity index (χ3v) is 6.34. The molecule has 0 amide bonds. The van der Waals surface area contributed by atoms with Crippen LogP contribution in [0.2, 0.25) is 0 Å². The van der Waals surface area contributed by atoms with Gasteiger partial charge < -0.3 is 10.2 Å². The van der Waals surface area contributed by atoms with Crippen molar-refractivity contribution in [1.29, 1.82) is 0 Å². The maximum atomic E-state index is 11.5. The maximum absolute atomic E-state index is 11.5. The summed E-state index contributed by atoms with van der Waals surface area (Å²) < 4.78 is 27.4. The first-order valence-corrected chi connectivity index (χ1v) is 11.2. The van der Waals surface area contributed by atoms with Crippen molar-refractivity contribution in [3.63, 3.8) is 0 Å². The summed E-state index contributed by atoms with van der Waals surface area (Å²) in [5, 5.41) is 10.9. The highest BCUT2D eigenvalue weighted by atomic mass is 32.2. The Morgan fingerprint density at radius 1 is 1.29 bits per heavy atom. The fraction of sp³-hybridized carbons (Fsp3) is 0.588. The lowest BCUT2D eigenvalue weighted by atomic mass is 10.1. The summed E-state index contributed by atoms with van der Waals surface area (Å²) in [5.41, 5.74) is 4.29. The zero-order valence-electron chi connectivity index (χ0n) is 16.0. The number of anilines is 1. The molecule has 28 heavy (non-hydrogen) atoms. The van der Waals surface area contributed by atoms with Crippen LogP contribution >= 0.6 is 0 Å². The second-order valence-corrected chi connectivity index (χ2v) is 8.99. The molecule has 2 aliphatic rings. The monoisotopic (exact) mass is 406 g/mol. The molecule has 2 aromatic heterocycles. The zero-order chi connectivity index (χ0) is 19.6. The van der Waals surface area contributed by atoms with Gasteiger partial charge in [-0.3, -0.25) is 10.00 Å². The van der Waals surface area contributed by atoms with Crippen molar-refractivity contribution in [2.45, 2.75) is 39.0 Å². The molecule has 0 aliphatic carbocycles. The first-order valence-electron chi connectivity index (χ1n) is 9.52. The smallest absolute Gasteiger partial charge is 0.224 e. The van der Waals surface area contributed by atoms with E-state index in [-0.39, 0.29) is 5.88 Å². The van der Waals surface area contributed by atoms with E-state index in [1.807, 2.05) is 10.7 Å². The third kappa shape index (κ3) is 4.17. The molecule has 11 heteroatoms. The SMILES string of the molecule is CNS(=O)(=O)CNCc1cc2n(n1)CCCN(c1ncnc3c1CCNC3)C2. The molecule has 0 spiro atoms. The zero-order valence-corrected chi connectivity index (χ0v) is 16.8. The Labute approximate surface area is 164 Å². The Balaban J connectivity index is 1.49. The van der Waals surface area contributed by atoms with Gasteiger partial charge in [0.25, 0.3) is 0 Å². The lowest BCUT2D eigenvalue weighted by Crippen LogP contribution is -2.31. The number of hydrogen-bond acceptors (Lipinski definition) is 8. The lowest BCUT2D eigenvalue weighted by molar-refractivity contribution is 0.568. The van der Waals surface area contributed by atoms with E-state index >= 15 is 0 Å². The topological polar surface area (TPSA) is 117 Å². The highest BCUT2D eigenvalue weighted by molar-refractivity contribution is 7.89. The quantitative estimate of drug-likeness (QED) is 0.578. The second kappa shape index (κ2) is 8.11. The normalized spacial score (nSPS) is 17.1.